The number of hydrogen-bond acceptors (Lipinski definition) is 7. The minimum absolute atomic E-state index is 0.190. The van der Waals surface area contributed by atoms with Crippen LogP contribution in [0.15, 0.2) is 183 Å². The molecule has 0 heterocycles. The highest BCUT2D eigenvalue weighted by Gasteiger charge is 2.19. The van der Waals surface area contributed by atoms with Crippen molar-refractivity contribution in [3.8, 4) is 39.9 Å². The lowest BCUT2D eigenvalue weighted by Crippen LogP contribution is -2.02. The zero-order valence-electron chi connectivity index (χ0n) is 36.8. The summed E-state index contributed by atoms with van der Waals surface area (Å²) >= 11 is 0. The van der Waals surface area contributed by atoms with Crippen LogP contribution in [0.1, 0.15) is 80.5 Å². The molecule has 64 heavy (non-hydrogen) atoms. The fraction of sp³-hybridized carbons (Fsp3) is 0.236. The van der Waals surface area contributed by atoms with E-state index in [0.29, 0.717) is 29.4 Å². The molecule has 0 amide bonds. The van der Waals surface area contributed by atoms with Crippen LogP contribution in [-0.4, -0.2) is 23.4 Å². The number of hydrogen-bond donors (Lipinski definition) is 0. The summed E-state index contributed by atoms with van der Waals surface area (Å²) in [5, 5.41) is 0. The van der Waals surface area contributed by atoms with Crippen LogP contribution in [0.25, 0.3) is 11.1 Å². The quantitative estimate of drug-likeness (QED) is 0.0663. The van der Waals surface area contributed by atoms with Crippen LogP contribution in [0.4, 0.5) is 0 Å². The molecule has 9 heteroatoms. The number of rotatable bonds is 21. The smallest absolute Gasteiger partial charge is 0.206 e. The van der Waals surface area contributed by atoms with Crippen molar-refractivity contribution in [2.45, 2.75) is 98.1 Å². The van der Waals surface area contributed by atoms with E-state index in [2.05, 4.69) is 32.0 Å². The minimum Gasteiger partial charge on any atom is -0.493 e. The molecule has 0 atom stereocenters. The van der Waals surface area contributed by atoms with Crippen molar-refractivity contribution in [1.82, 2.24) is 0 Å². The molecular weight excluding hydrogens is 837 g/mol. The molecule has 0 aliphatic heterocycles. The lowest BCUT2D eigenvalue weighted by Gasteiger charge is -2.12. The molecule has 330 valence electrons. The average molecular weight is 893 g/mol. The molecule has 0 fully saturated rings. The van der Waals surface area contributed by atoms with Gasteiger partial charge in [-0.2, -0.15) is 0 Å². The molecule has 0 radical (unpaired) electrons. The maximum atomic E-state index is 13.6. The van der Waals surface area contributed by atoms with E-state index in [0.717, 1.165) is 52.2 Å². The van der Waals surface area contributed by atoms with E-state index in [1.54, 1.807) is 84.9 Å². The Hall–Kier alpha value is -6.16. The molecule has 0 aromatic heterocycles. The minimum atomic E-state index is -3.74. The summed E-state index contributed by atoms with van der Waals surface area (Å²) in [5.74, 6) is 3.18. The van der Waals surface area contributed by atoms with Gasteiger partial charge >= 0.3 is 0 Å². The van der Waals surface area contributed by atoms with Gasteiger partial charge in [0.1, 0.15) is 28.7 Å². The predicted molar refractivity (Wildman–Crippen MR) is 256 cm³/mol. The van der Waals surface area contributed by atoms with Crippen molar-refractivity contribution >= 4 is 19.7 Å². The zero-order valence-corrected chi connectivity index (χ0v) is 38.5. The van der Waals surface area contributed by atoms with Gasteiger partial charge in [-0.3, -0.25) is 0 Å². The van der Waals surface area contributed by atoms with Crippen LogP contribution >= 0.6 is 0 Å². The SMILES string of the molecule is CCCCCCCCCCOc1cc(Cc2ccc(S(=O)(=O)c3ccc(Oc4ccc(-c5ccc(Oc6ccc(S(=O)(=O)c7ccc(C)cc7)cc6)cc5)cc4)cc3)cc2)ccc1C. The summed E-state index contributed by atoms with van der Waals surface area (Å²) in [6.45, 7) is 6.95. The van der Waals surface area contributed by atoms with Crippen molar-refractivity contribution in [1.29, 1.82) is 0 Å². The Morgan fingerprint density at radius 2 is 0.781 bits per heavy atom. The molecule has 0 unspecified atom stereocenters. The van der Waals surface area contributed by atoms with Crippen molar-refractivity contribution < 1.29 is 31.0 Å². The van der Waals surface area contributed by atoms with E-state index < -0.39 is 19.7 Å². The third-order valence-corrected chi connectivity index (χ3v) is 14.8. The van der Waals surface area contributed by atoms with E-state index in [1.165, 1.54) is 44.9 Å². The maximum absolute atomic E-state index is 13.6. The van der Waals surface area contributed by atoms with E-state index in [-0.39, 0.29) is 19.6 Å². The molecule has 7 rings (SSSR count). The van der Waals surface area contributed by atoms with Gasteiger partial charge in [-0.05, 0) is 158 Å². The summed E-state index contributed by atoms with van der Waals surface area (Å²) < 4.78 is 71.4. The summed E-state index contributed by atoms with van der Waals surface area (Å²) in [4.78, 5) is 0.877. The third kappa shape index (κ3) is 12.1. The summed E-state index contributed by atoms with van der Waals surface area (Å²) in [6.07, 6.45) is 10.8. The Morgan fingerprint density at radius 3 is 1.23 bits per heavy atom. The van der Waals surface area contributed by atoms with E-state index in [4.69, 9.17) is 14.2 Å². The molecule has 7 aromatic carbocycles. The van der Waals surface area contributed by atoms with Gasteiger partial charge in [0, 0.05) is 0 Å². The first-order valence-electron chi connectivity index (χ1n) is 22.1. The van der Waals surface area contributed by atoms with Crippen LogP contribution in [-0.2, 0) is 26.1 Å². The molecule has 0 aliphatic carbocycles. The first-order valence-corrected chi connectivity index (χ1v) is 25.1. The maximum Gasteiger partial charge on any atom is 0.206 e. The first-order chi connectivity index (χ1) is 31.0. The standard InChI is InChI=1S/C55H56O7S2/c1-4-5-6-7-8-9-10-11-38-60-55-40-44(15-14-42(55)3)39-43-16-32-52(33-17-43)64(58,59)54-36-28-50(29-37-54)62-48-24-20-46(21-25-48)45-18-22-47(23-19-45)61-49-26-34-53(35-27-49)63(56,57)51-30-12-41(2)13-31-51/h12-37,40H,4-11,38-39H2,1-3H3. The Balaban J connectivity index is 0.886. The normalized spacial score (nSPS) is 11.6. The summed E-state index contributed by atoms with van der Waals surface area (Å²) in [7, 11) is -7.36. The lowest BCUT2D eigenvalue weighted by molar-refractivity contribution is 0.302. The molecule has 0 saturated carbocycles. The predicted octanol–water partition coefficient (Wildman–Crippen LogP) is 14.3. The Bertz CT molecular complexity index is 2800. The molecule has 0 N–H and O–H groups in total. The third-order valence-electron chi connectivity index (χ3n) is 11.3. The largest absolute Gasteiger partial charge is 0.493 e. The average Bonchev–Trinajstić information content (AvgIpc) is 3.31. The highest BCUT2D eigenvalue weighted by atomic mass is 32.2. The topological polar surface area (TPSA) is 96.0 Å². The van der Waals surface area contributed by atoms with Crippen molar-refractivity contribution in [3.05, 3.63) is 186 Å². The molecule has 7 aromatic rings. The Kier molecular flexibility index (Phi) is 15.4. The molecule has 0 bridgehead atoms. The second-order valence-corrected chi connectivity index (χ2v) is 20.2. The second kappa shape index (κ2) is 21.5. The fourth-order valence-corrected chi connectivity index (χ4v) is 9.94. The monoisotopic (exact) mass is 892 g/mol. The van der Waals surface area contributed by atoms with Crippen molar-refractivity contribution in [2.24, 2.45) is 0 Å². The number of sulfone groups is 2. The van der Waals surface area contributed by atoms with Gasteiger partial charge in [0.15, 0.2) is 0 Å². The number of unbranched alkanes of at least 4 members (excludes halogenated alkanes) is 7. The van der Waals surface area contributed by atoms with Gasteiger partial charge in [0.05, 0.1) is 26.2 Å². The van der Waals surface area contributed by atoms with Crippen LogP contribution < -0.4 is 14.2 Å². The van der Waals surface area contributed by atoms with E-state index >= 15 is 0 Å². The highest BCUT2D eigenvalue weighted by Crippen LogP contribution is 2.32. The second-order valence-electron chi connectivity index (χ2n) is 16.3. The summed E-state index contributed by atoms with van der Waals surface area (Å²) in [5.41, 5.74) is 6.19. The number of benzene rings is 7. The van der Waals surface area contributed by atoms with Gasteiger partial charge in [-0.15, -0.1) is 0 Å². The van der Waals surface area contributed by atoms with Crippen LogP contribution in [0.2, 0.25) is 0 Å². The van der Waals surface area contributed by atoms with Crippen molar-refractivity contribution in [2.75, 3.05) is 6.61 Å². The molecule has 0 saturated heterocycles. The van der Waals surface area contributed by atoms with Crippen LogP contribution in [0.5, 0.6) is 28.7 Å². The Morgan fingerprint density at radius 1 is 0.406 bits per heavy atom. The number of ether oxygens (including phenoxy) is 3. The van der Waals surface area contributed by atoms with Gasteiger partial charge in [-0.25, -0.2) is 16.8 Å². The molecule has 0 aliphatic rings. The van der Waals surface area contributed by atoms with Gasteiger partial charge in [-0.1, -0.05) is 118 Å². The van der Waals surface area contributed by atoms with Crippen LogP contribution in [0.3, 0.4) is 0 Å². The zero-order chi connectivity index (χ0) is 44.9. The fourth-order valence-electron chi connectivity index (χ4n) is 7.42. The van der Waals surface area contributed by atoms with E-state index in [9.17, 15) is 16.8 Å². The number of aryl methyl sites for hydroxylation is 2. The summed E-state index contributed by atoms with van der Waals surface area (Å²) in [6, 6.07) is 48.3. The van der Waals surface area contributed by atoms with E-state index in [1.807, 2.05) is 67.6 Å². The molecule has 7 nitrogen and oxygen atoms in total. The lowest BCUT2D eigenvalue weighted by atomic mass is 10.0. The Labute approximate surface area is 379 Å². The van der Waals surface area contributed by atoms with Gasteiger partial charge < -0.3 is 14.2 Å². The molecular formula is C55H56O7S2. The highest BCUT2D eigenvalue weighted by molar-refractivity contribution is 7.91. The molecule has 0 spiro atoms. The van der Waals surface area contributed by atoms with Gasteiger partial charge in [0.25, 0.3) is 0 Å². The van der Waals surface area contributed by atoms with Crippen molar-refractivity contribution in [3.63, 3.8) is 0 Å². The van der Waals surface area contributed by atoms with Crippen LogP contribution in [0, 0.1) is 13.8 Å². The van der Waals surface area contributed by atoms with Gasteiger partial charge in [0.2, 0.25) is 19.7 Å². The first kappa shape index (κ1) is 45.9.